The Kier molecular flexibility index (Phi) is 6.48. The first-order valence-electron chi connectivity index (χ1n) is 10.5. The molecule has 4 heteroatoms. The zero-order valence-corrected chi connectivity index (χ0v) is 17.4. The van der Waals surface area contributed by atoms with E-state index in [-0.39, 0.29) is 5.91 Å². The van der Waals surface area contributed by atoms with Gasteiger partial charge in [-0.15, -0.1) is 0 Å². The third-order valence-corrected chi connectivity index (χ3v) is 5.33. The Hall–Kier alpha value is -3.79. The van der Waals surface area contributed by atoms with E-state index < -0.39 is 0 Å². The number of amides is 1. The summed E-state index contributed by atoms with van der Waals surface area (Å²) in [6, 6.07) is 31.4. The minimum atomic E-state index is 0.0116. The van der Waals surface area contributed by atoms with Crippen molar-refractivity contribution < 1.29 is 9.53 Å². The predicted molar refractivity (Wildman–Crippen MR) is 126 cm³/mol. The van der Waals surface area contributed by atoms with Gasteiger partial charge in [-0.1, -0.05) is 66.7 Å². The van der Waals surface area contributed by atoms with Crippen LogP contribution in [0.3, 0.4) is 0 Å². The first-order chi connectivity index (χ1) is 15.2. The van der Waals surface area contributed by atoms with Gasteiger partial charge in [0.1, 0.15) is 12.4 Å². The molecule has 0 saturated heterocycles. The standard InChI is InChI=1S/C27H26N2O2/c28-24-15-13-21(14-16-24)17-18-29(27(30)23-8-2-1-3-9-23)19-20-31-26-12-6-10-22-7-4-5-11-25(22)26/h1-16H,17-20,28H2. The number of carbonyl (C=O) groups excluding carboxylic acids is 1. The van der Waals surface area contributed by atoms with Crippen molar-refractivity contribution in [3.63, 3.8) is 0 Å². The summed E-state index contributed by atoms with van der Waals surface area (Å²) in [4.78, 5) is 15.0. The minimum absolute atomic E-state index is 0.0116. The number of hydrogen-bond donors (Lipinski definition) is 1. The molecule has 4 rings (SSSR count). The van der Waals surface area contributed by atoms with Crippen molar-refractivity contribution in [2.45, 2.75) is 6.42 Å². The molecule has 0 aliphatic rings. The van der Waals surface area contributed by atoms with Crippen molar-refractivity contribution in [3.05, 3.63) is 108 Å². The van der Waals surface area contributed by atoms with Gasteiger partial charge >= 0.3 is 0 Å². The third-order valence-electron chi connectivity index (χ3n) is 5.33. The van der Waals surface area contributed by atoms with Gasteiger partial charge in [0.25, 0.3) is 5.91 Å². The molecule has 4 aromatic rings. The molecule has 2 N–H and O–H groups in total. The number of carbonyl (C=O) groups is 1. The van der Waals surface area contributed by atoms with Crippen LogP contribution < -0.4 is 10.5 Å². The van der Waals surface area contributed by atoms with Crippen LogP contribution in [0.25, 0.3) is 10.8 Å². The van der Waals surface area contributed by atoms with Crippen molar-refractivity contribution in [2.75, 3.05) is 25.4 Å². The van der Waals surface area contributed by atoms with Crippen LogP contribution in [-0.2, 0) is 6.42 Å². The van der Waals surface area contributed by atoms with E-state index in [1.807, 2.05) is 83.8 Å². The highest BCUT2D eigenvalue weighted by Gasteiger charge is 2.16. The molecule has 0 aliphatic heterocycles. The van der Waals surface area contributed by atoms with Crippen LogP contribution in [-0.4, -0.2) is 30.5 Å². The normalized spacial score (nSPS) is 10.7. The fourth-order valence-electron chi connectivity index (χ4n) is 3.61. The van der Waals surface area contributed by atoms with Crippen molar-refractivity contribution >= 4 is 22.4 Å². The molecule has 156 valence electrons. The van der Waals surface area contributed by atoms with Gasteiger partial charge in [-0.2, -0.15) is 0 Å². The molecular formula is C27H26N2O2. The van der Waals surface area contributed by atoms with E-state index in [4.69, 9.17) is 10.5 Å². The first kappa shape index (κ1) is 20.5. The summed E-state index contributed by atoms with van der Waals surface area (Å²) in [7, 11) is 0. The average molecular weight is 411 g/mol. The van der Waals surface area contributed by atoms with Crippen molar-refractivity contribution in [1.82, 2.24) is 4.90 Å². The van der Waals surface area contributed by atoms with Crippen molar-refractivity contribution in [3.8, 4) is 5.75 Å². The molecule has 4 aromatic carbocycles. The topological polar surface area (TPSA) is 55.6 Å². The lowest BCUT2D eigenvalue weighted by molar-refractivity contribution is 0.0732. The molecular weight excluding hydrogens is 384 g/mol. The molecule has 4 nitrogen and oxygen atoms in total. The Morgan fingerprint density at radius 3 is 2.29 bits per heavy atom. The van der Waals surface area contributed by atoms with Gasteiger partial charge in [0.05, 0.1) is 6.54 Å². The number of nitrogens with zero attached hydrogens (tertiary/aromatic N) is 1. The van der Waals surface area contributed by atoms with E-state index in [2.05, 4.69) is 18.2 Å². The van der Waals surface area contributed by atoms with Crippen molar-refractivity contribution in [1.29, 1.82) is 0 Å². The van der Waals surface area contributed by atoms with Crippen LogP contribution in [0.15, 0.2) is 97.1 Å². The fourth-order valence-corrected chi connectivity index (χ4v) is 3.61. The summed E-state index contributed by atoms with van der Waals surface area (Å²) in [5, 5.41) is 2.22. The second-order valence-corrected chi connectivity index (χ2v) is 7.48. The van der Waals surface area contributed by atoms with E-state index in [1.165, 1.54) is 0 Å². The van der Waals surface area contributed by atoms with Gasteiger partial charge in [-0.05, 0) is 47.7 Å². The number of ether oxygens (including phenoxy) is 1. The smallest absolute Gasteiger partial charge is 0.253 e. The highest BCUT2D eigenvalue weighted by atomic mass is 16.5. The van der Waals surface area contributed by atoms with Crippen LogP contribution in [0.2, 0.25) is 0 Å². The van der Waals surface area contributed by atoms with Crippen molar-refractivity contribution in [2.24, 2.45) is 0 Å². The van der Waals surface area contributed by atoms with E-state index >= 15 is 0 Å². The van der Waals surface area contributed by atoms with Crippen LogP contribution in [0.4, 0.5) is 5.69 Å². The average Bonchev–Trinajstić information content (AvgIpc) is 2.82. The summed E-state index contributed by atoms with van der Waals surface area (Å²) in [5.41, 5.74) is 8.36. The number of nitrogen functional groups attached to an aromatic ring is 1. The van der Waals surface area contributed by atoms with Gasteiger partial charge < -0.3 is 15.4 Å². The lowest BCUT2D eigenvalue weighted by Crippen LogP contribution is -2.36. The second-order valence-electron chi connectivity index (χ2n) is 7.48. The lowest BCUT2D eigenvalue weighted by Gasteiger charge is -2.23. The minimum Gasteiger partial charge on any atom is -0.491 e. The monoisotopic (exact) mass is 410 g/mol. The number of benzene rings is 4. The molecule has 0 heterocycles. The zero-order valence-electron chi connectivity index (χ0n) is 17.4. The van der Waals surface area contributed by atoms with Crippen LogP contribution in [0, 0.1) is 0 Å². The summed E-state index contributed by atoms with van der Waals surface area (Å²) >= 11 is 0. The Bertz CT molecular complexity index is 1140. The fraction of sp³-hybridized carbons (Fsp3) is 0.148. The van der Waals surface area contributed by atoms with Gasteiger partial charge in [0.15, 0.2) is 0 Å². The Morgan fingerprint density at radius 1 is 0.774 bits per heavy atom. The molecule has 0 fully saturated rings. The number of nitrogens with two attached hydrogens (primary N) is 1. The molecule has 0 radical (unpaired) electrons. The number of rotatable bonds is 8. The maximum absolute atomic E-state index is 13.1. The molecule has 0 aliphatic carbocycles. The van der Waals surface area contributed by atoms with E-state index in [0.717, 1.165) is 34.2 Å². The number of fused-ring (bicyclic) bond motifs is 1. The highest BCUT2D eigenvalue weighted by Crippen LogP contribution is 2.25. The van der Waals surface area contributed by atoms with Crippen LogP contribution >= 0.6 is 0 Å². The molecule has 0 atom stereocenters. The third kappa shape index (κ3) is 5.23. The lowest BCUT2D eigenvalue weighted by atomic mass is 10.1. The molecule has 0 aromatic heterocycles. The van der Waals surface area contributed by atoms with E-state index in [9.17, 15) is 4.79 Å². The number of hydrogen-bond acceptors (Lipinski definition) is 3. The summed E-state index contributed by atoms with van der Waals surface area (Å²) < 4.78 is 6.09. The summed E-state index contributed by atoms with van der Waals surface area (Å²) in [5.74, 6) is 0.848. The largest absolute Gasteiger partial charge is 0.491 e. The molecule has 31 heavy (non-hydrogen) atoms. The van der Waals surface area contributed by atoms with Gasteiger partial charge in [-0.3, -0.25) is 4.79 Å². The van der Waals surface area contributed by atoms with Gasteiger partial charge in [0.2, 0.25) is 0 Å². The van der Waals surface area contributed by atoms with Crippen LogP contribution in [0.5, 0.6) is 5.75 Å². The molecule has 0 unspecified atom stereocenters. The Labute approximate surface area is 182 Å². The molecule has 0 spiro atoms. The molecule has 1 amide bonds. The molecule has 0 bridgehead atoms. The highest BCUT2D eigenvalue weighted by molar-refractivity contribution is 5.94. The quantitative estimate of drug-likeness (QED) is 0.407. The van der Waals surface area contributed by atoms with Gasteiger partial charge in [0, 0.05) is 23.2 Å². The summed E-state index contributed by atoms with van der Waals surface area (Å²) in [6.45, 7) is 1.54. The molecule has 0 saturated carbocycles. The second kappa shape index (κ2) is 9.81. The van der Waals surface area contributed by atoms with Gasteiger partial charge in [-0.25, -0.2) is 0 Å². The van der Waals surface area contributed by atoms with E-state index in [1.54, 1.807) is 0 Å². The maximum Gasteiger partial charge on any atom is 0.253 e. The zero-order chi connectivity index (χ0) is 21.5. The predicted octanol–water partition coefficient (Wildman–Crippen LogP) is 5.19. The van der Waals surface area contributed by atoms with Crippen LogP contribution in [0.1, 0.15) is 15.9 Å². The maximum atomic E-state index is 13.1. The first-order valence-corrected chi connectivity index (χ1v) is 10.5. The summed E-state index contributed by atoms with van der Waals surface area (Å²) in [6.07, 6.45) is 0.757. The Balaban J connectivity index is 1.45. The SMILES string of the molecule is Nc1ccc(CCN(CCOc2cccc3ccccc23)C(=O)c2ccccc2)cc1. The van der Waals surface area contributed by atoms with E-state index in [0.29, 0.717) is 25.3 Å². The Morgan fingerprint density at radius 2 is 1.48 bits per heavy atom. The number of anilines is 1.